The van der Waals surface area contributed by atoms with Gasteiger partial charge in [0.05, 0.1) is 65.6 Å². The topological polar surface area (TPSA) is 207 Å². The molecule has 3 saturated heterocycles. The number of carbonyl (C=O) groups excluding carboxylic acids is 3. The fraction of sp³-hybridized carbons (Fsp3) is 0.510. The number of benzene rings is 3. The quantitative estimate of drug-likeness (QED) is 0.0779. The predicted octanol–water partition coefficient (Wildman–Crippen LogP) is 7.58. The standard InChI is InChI=1S/C49H63N9O8/c1-27(64-6)41(54-47(61)62)45(59)56-23-9-11-39(56)43-50-33-19-13-29(25-35(33)52-43)37-21-22-38(58(37)32-17-15-31(16-18-32)49(3,4)5)30-14-20-34-36(26-30)53-44(51-34)40-12-10-24-57(40)46(60)42(28(2)65-7)55-48(63)66-8/h13-20,25-28,37-42,54H,9-12,21-24H2,1-8H3,(H,50,52)(H,51,53)(H,55,63)(H,61,62)/t27-,28?,37-,38-,39+,40+,41+,42+/m1/s1. The van der Waals surface area contributed by atoms with Crippen molar-refractivity contribution in [1.82, 2.24) is 40.4 Å². The summed E-state index contributed by atoms with van der Waals surface area (Å²) in [7, 11) is 4.23. The van der Waals surface area contributed by atoms with E-state index in [9.17, 15) is 24.3 Å². The lowest BCUT2D eigenvalue weighted by molar-refractivity contribution is -0.138. The van der Waals surface area contributed by atoms with E-state index in [-0.39, 0.29) is 41.4 Å². The SMILES string of the molecule is COC(=O)N[C@H](C(=O)N1CCC[C@H]1c1nc2ccc([C@H]3CC[C@H](c4ccc5nc([C@@H]6CCCN6C(=O)[C@@H](NC(=O)O)[C@@H](C)OC)[nH]c5c4)N3c3ccc(C(C)(C)C)cc3)cc2[nH]1)C(C)OC. The number of methoxy groups -OCH3 is 3. The van der Waals surface area contributed by atoms with Crippen molar-refractivity contribution in [2.75, 3.05) is 39.3 Å². The monoisotopic (exact) mass is 905 g/mol. The van der Waals surface area contributed by atoms with Gasteiger partial charge in [-0.25, -0.2) is 19.6 Å². The Morgan fingerprint density at radius 1 is 0.682 bits per heavy atom. The first kappa shape index (κ1) is 46.3. The number of nitrogens with one attached hydrogen (secondary N) is 4. The Morgan fingerprint density at radius 3 is 1.58 bits per heavy atom. The van der Waals surface area contributed by atoms with E-state index in [1.807, 2.05) is 6.07 Å². The van der Waals surface area contributed by atoms with Crippen molar-refractivity contribution in [2.45, 2.75) is 127 Å². The number of hydrogen-bond acceptors (Lipinski definition) is 10. The van der Waals surface area contributed by atoms with Crippen LogP contribution in [0, 0.1) is 0 Å². The van der Waals surface area contributed by atoms with Crippen molar-refractivity contribution >= 4 is 51.8 Å². The van der Waals surface area contributed by atoms with Crippen molar-refractivity contribution in [3.05, 3.63) is 89.0 Å². The highest BCUT2D eigenvalue weighted by Crippen LogP contribution is 2.48. The minimum atomic E-state index is -1.28. The van der Waals surface area contributed by atoms with Crippen molar-refractivity contribution in [3.8, 4) is 0 Å². The largest absolute Gasteiger partial charge is 0.465 e. The third-order valence-corrected chi connectivity index (χ3v) is 13.9. The number of hydrogen-bond donors (Lipinski definition) is 5. The van der Waals surface area contributed by atoms with Gasteiger partial charge in [0.2, 0.25) is 11.8 Å². The van der Waals surface area contributed by atoms with Gasteiger partial charge in [0.25, 0.3) is 0 Å². The molecule has 5 aromatic rings. The molecule has 0 radical (unpaired) electrons. The highest BCUT2D eigenvalue weighted by molar-refractivity contribution is 5.88. The number of fused-ring (bicyclic) bond motifs is 2. The fourth-order valence-electron chi connectivity index (χ4n) is 10.1. The summed E-state index contributed by atoms with van der Waals surface area (Å²) in [5, 5.41) is 14.5. The maximum absolute atomic E-state index is 14.0. The number of aromatic nitrogens is 4. The highest BCUT2D eigenvalue weighted by Gasteiger charge is 2.41. The molecule has 3 aliphatic rings. The second-order valence-electron chi connectivity index (χ2n) is 18.9. The molecular formula is C49H63N9O8. The minimum absolute atomic E-state index is 0.00933. The molecule has 17 nitrogen and oxygen atoms in total. The van der Waals surface area contributed by atoms with Crippen molar-refractivity contribution in [3.63, 3.8) is 0 Å². The van der Waals surface area contributed by atoms with Crippen LogP contribution in [0.5, 0.6) is 0 Å². The van der Waals surface area contributed by atoms with Crippen LogP contribution >= 0.6 is 0 Å². The first-order chi connectivity index (χ1) is 31.6. The summed E-state index contributed by atoms with van der Waals surface area (Å²) in [6.45, 7) is 11.1. The molecule has 0 spiro atoms. The van der Waals surface area contributed by atoms with Gasteiger partial charge in [0, 0.05) is 33.0 Å². The van der Waals surface area contributed by atoms with Crippen LogP contribution in [-0.2, 0) is 29.2 Å². The summed E-state index contributed by atoms with van der Waals surface area (Å²) in [6.07, 6.45) is 1.56. The number of H-pyrrole nitrogens is 2. The third-order valence-electron chi connectivity index (χ3n) is 13.9. The summed E-state index contributed by atoms with van der Waals surface area (Å²) in [5.74, 6) is 0.786. The van der Waals surface area contributed by atoms with Crippen molar-refractivity contribution in [2.24, 2.45) is 0 Å². The summed E-state index contributed by atoms with van der Waals surface area (Å²) < 4.78 is 15.7. The molecule has 3 aromatic carbocycles. The fourth-order valence-corrected chi connectivity index (χ4v) is 10.1. The van der Waals surface area contributed by atoms with Crippen LogP contribution in [0.25, 0.3) is 22.1 Å². The van der Waals surface area contributed by atoms with E-state index in [2.05, 4.69) is 101 Å². The van der Waals surface area contributed by atoms with Crippen LogP contribution in [0.15, 0.2) is 60.7 Å². The van der Waals surface area contributed by atoms with Gasteiger partial charge >= 0.3 is 12.2 Å². The van der Waals surface area contributed by atoms with Gasteiger partial charge in [-0.2, -0.15) is 0 Å². The number of likely N-dealkylation sites (tertiary alicyclic amines) is 2. The van der Waals surface area contributed by atoms with E-state index in [4.69, 9.17) is 24.2 Å². The molecule has 5 heterocycles. The number of alkyl carbamates (subject to hydrolysis) is 1. The van der Waals surface area contributed by atoms with E-state index in [1.165, 1.54) is 26.9 Å². The smallest absolute Gasteiger partial charge is 0.407 e. The number of carbonyl (C=O) groups is 4. The van der Waals surface area contributed by atoms with E-state index in [0.717, 1.165) is 71.0 Å². The van der Waals surface area contributed by atoms with Gasteiger partial charge in [0.1, 0.15) is 23.7 Å². The molecule has 5 N–H and O–H groups in total. The zero-order chi connectivity index (χ0) is 47.0. The molecule has 352 valence electrons. The number of anilines is 1. The van der Waals surface area contributed by atoms with Crippen LogP contribution in [0.3, 0.4) is 0 Å². The Bertz CT molecular complexity index is 2570. The highest BCUT2D eigenvalue weighted by atomic mass is 16.5. The summed E-state index contributed by atoms with van der Waals surface area (Å²) in [5.41, 5.74) is 7.99. The summed E-state index contributed by atoms with van der Waals surface area (Å²) in [4.78, 5) is 74.7. The van der Waals surface area contributed by atoms with E-state index >= 15 is 0 Å². The Hall–Kier alpha value is -6.20. The second kappa shape index (κ2) is 19.0. The molecule has 8 atom stereocenters. The zero-order valence-electron chi connectivity index (χ0n) is 39.1. The van der Waals surface area contributed by atoms with Crippen LogP contribution < -0.4 is 15.5 Å². The molecule has 3 fully saturated rings. The number of nitrogens with zero attached hydrogens (tertiary/aromatic N) is 5. The van der Waals surface area contributed by atoms with E-state index in [1.54, 1.807) is 23.6 Å². The molecule has 0 aliphatic carbocycles. The molecular weight excluding hydrogens is 843 g/mol. The van der Waals surface area contributed by atoms with E-state index in [0.29, 0.717) is 31.2 Å². The Balaban J connectivity index is 1.09. The molecule has 66 heavy (non-hydrogen) atoms. The van der Waals surface area contributed by atoms with Gasteiger partial charge < -0.3 is 54.6 Å². The van der Waals surface area contributed by atoms with Gasteiger partial charge in [-0.3, -0.25) is 9.59 Å². The molecule has 3 aliphatic heterocycles. The van der Waals surface area contributed by atoms with Gasteiger partial charge in [-0.1, -0.05) is 45.0 Å². The third kappa shape index (κ3) is 9.14. The molecule has 1 unspecified atom stereocenters. The second-order valence-corrected chi connectivity index (χ2v) is 18.9. The molecule has 2 aromatic heterocycles. The van der Waals surface area contributed by atoms with Crippen LogP contribution in [0.2, 0.25) is 0 Å². The van der Waals surface area contributed by atoms with Crippen LogP contribution in [0.4, 0.5) is 15.3 Å². The lowest BCUT2D eigenvalue weighted by Gasteiger charge is -2.34. The lowest BCUT2D eigenvalue weighted by atomic mass is 9.87. The summed E-state index contributed by atoms with van der Waals surface area (Å²) >= 11 is 0. The Labute approximate surface area is 384 Å². The predicted molar refractivity (Wildman–Crippen MR) is 249 cm³/mol. The Morgan fingerprint density at radius 2 is 1.15 bits per heavy atom. The molecule has 4 amide bonds. The van der Waals surface area contributed by atoms with Crippen molar-refractivity contribution < 1.29 is 38.5 Å². The van der Waals surface area contributed by atoms with Gasteiger partial charge in [-0.15, -0.1) is 0 Å². The van der Waals surface area contributed by atoms with Gasteiger partial charge in [0.15, 0.2) is 0 Å². The van der Waals surface area contributed by atoms with E-state index < -0.39 is 36.5 Å². The zero-order valence-corrected chi connectivity index (χ0v) is 39.1. The molecule has 0 bridgehead atoms. The molecule has 8 rings (SSSR count). The number of imidazole rings is 2. The average Bonchev–Trinajstić information content (AvgIpc) is 4.16. The molecule has 0 saturated carbocycles. The number of carboxylic acid groups (broad SMARTS) is 1. The lowest BCUT2D eigenvalue weighted by Crippen LogP contribution is -2.54. The normalized spacial score (nSPS) is 21.8. The number of rotatable bonds is 13. The number of aromatic amines is 2. The average molecular weight is 906 g/mol. The summed E-state index contributed by atoms with van der Waals surface area (Å²) in [6, 6.07) is 19.1. The first-order valence-corrected chi connectivity index (χ1v) is 23.0. The molecule has 17 heteroatoms. The maximum Gasteiger partial charge on any atom is 0.407 e. The Kier molecular flexibility index (Phi) is 13.3. The number of ether oxygens (including phenoxy) is 3. The minimum Gasteiger partial charge on any atom is -0.465 e. The first-order valence-electron chi connectivity index (χ1n) is 23.0. The van der Waals surface area contributed by atoms with Crippen molar-refractivity contribution in [1.29, 1.82) is 0 Å². The van der Waals surface area contributed by atoms with Crippen LogP contribution in [-0.4, -0.2) is 118 Å². The maximum atomic E-state index is 14.0. The number of amides is 4. The van der Waals surface area contributed by atoms with Crippen LogP contribution in [0.1, 0.15) is 126 Å². The van der Waals surface area contributed by atoms with Gasteiger partial charge in [-0.05, 0) is 111 Å².